The first-order valence-electron chi connectivity index (χ1n) is 10.7. The molecule has 3 aromatic carbocycles. The first kappa shape index (κ1) is 21.2. The van der Waals surface area contributed by atoms with Crippen LogP contribution < -0.4 is 15.5 Å². The van der Waals surface area contributed by atoms with Gasteiger partial charge >= 0.3 is 0 Å². The zero-order valence-corrected chi connectivity index (χ0v) is 18.4. The second kappa shape index (κ2) is 9.07. The lowest BCUT2D eigenvalue weighted by Gasteiger charge is -2.13. The van der Waals surface area contributed by atoms with Crippen LogP contribution in [-0.2, 0) is 11.4 Å². The highest BCUT2D eigenvalue weighted by Crippen LogP contribution is 2.33. The van der Waals surface area contributed by atoms with Crippen molar-refractivity contribution in [3.8, 4) is 22.8 Å². The summed E-state index contributed by atoms with van der Waals surface area (Å²) in [7, 11) is 0. The van der Waals surface area contributed by atoms with Crippen molar-refractivity contribution in [2.75, 3.05) is 5.32 Å². The standard InChI is InChI=1S/C27H21N3O4/c1-18(31)29-21-10-11-24-23(15-21)25(32)27(33-16-19-6-3-2-4-7-19)26(34-24)20-8-5-9-22(14-20)30-13-12-28-17-30/h2-15,17H,16H2,1H3,(H,29,31). The first-order chi connectivity index (χ1) is 16.6. The Labute approximate surface area is 195 Å². The summed E-state index contributed by atoms with van der Waals surface area (Å²) in [6.45, 7) is 1.62. The molecule has 0 aliphatic rings. The fourth-order valence-electron chi connectivity index (χ4n) is 3.73. The maximum absolute atomic E-state index is 13.6. The molecule has 2 aromatic heterocycles. The predicted octanol–water partition coefficient (Wildman–Crippen LogP) is 5.18. The van der Waals surface area contributed by atoms with Crippen molar-refractivity contribution >= 4 is 22.6 Å². The molecule has 7 nitrogen and oxygen atoms in total. The molecule has 0 atom stereocenters. The van der Waals surface area contributed by atoms with Gasteiger partial charge in [-0.05, 0) is 35.9 Å². The third kappa shape index (κ3) is 4.31. The van der Waals surface area contributed by atoms with Crippen molar-refractivity contribution in [1.29, 1.82) is 0 Å². The third-order valence-electron chi connectivity index (χ3n) is 5.31. The summed E-state index contributed by atoms with van der Waals surface area (Å²) in [5.41, 5.74) is 3.08. The van der Waals surface area contributed by atoms with Gasteiger partial charge in [0.25, 0.3) is 0 Å². The lowest BCUT2D eigenvalue weighted by molar-refractivity contribution is -0.114. The molecule has 2 heterocycles. The van der Waals surface area contributed by atoms with E-state index in [9.17, 15) is 9.59 Å². The summed E-state index contributed by atoms with van der Waals surface area (Å²) in [5, 5.41) is 3.02. The molecular formula is C27H21N3O4. The molecule has 0 aliphatic heterocycles. The molecule has 0 radical (unpaired) electrons. The Morgan fingerprint density at radius 3 is 2.68 bits per heavy atom. The molecule has 0 fully saturated rings. The lowest BCUT2D eigenvalue weighted by Crippen LogP contribution is -2.11. The summed E-state index contributed by atoms with van der Waals surface area (Å²) in [6.07, 6.45) is 5.24. The van der Waals surface area contributed by atoms with Gasteiger partial charge in [-0.2, -0.15) is 0 Å². The highest BCUT2D eigenvalue weighted by molar-refractivity contribution is 5.92. The van der Waals surface area contributed by atoms with Gasteiger partial charge in [0.05, 0.1) is 11.7 Å². The summed E-state index contributed by atoms with van der Waals surface area (Å²) in [6, 6.07) is 22.2. The van der Waals surface area contributed by atoms with Crippen LogP contribution >= 0.6 is 0 Å². The number of carbonyl (C=O) groups is 1. The number of imidazole rings is 1. The van der Waals surface area contributed by atoms with E-state index in [1.807, 2.05) is 65.4 Å². The Morgan fingerprint density at radius 2 is 1.91 bits per heavy atom. The number of nitrogens with one attached hydrogen (secondary N) is 1. The maximum atomic E-state index is 13.6. The number of hydrogen-bond acceptors (Lipinski definition) is 5. The highest BCUT2D eigenvalue weighted by atomic mass is 16.5. The van der Waals surface area contributed by atoms with Crippen molar-refractivity contribution in [1.82, 2.24) is 9.55 Å². The van der Waals surface area contributed by atoms with Gasteiger partial charge in [0, 0.05) is 36.3 Å². The summed E-state index contributed by atoms with van der Waals surface area (Å²) in [5.74, 6) is 0.221. The van der Waals surface area contributed by atoms with Crippen LogP contribution in [0, 0.1) is 0 Å². The summed E-state index contributed by atoms with van der Waals surface area (Å²) < 4.78 is 14.1. The molecule has 168 valence electrons. The SMILES string of the molecule is CC(=O)Nc1ccc2oc(-c3cccc(-n4ccnc4)c3)c(OCc3ccccc3)c(=O)c2c1. The van der Waals surface area contributed by atoms with Gasteiger partial charge < -0.3 is 19.0 Å². The Kier molecular flexibility index (Phi) is 5.66. The van der Waals surface area contributed by atoms with Crippen LogP contribution in [0.4, 0.5) is 5.69 Å². The van der Waals surface area contributed by atoms with E-state index < -0.39 is 0 Å². The average Bonchev–Trinajstić information content (AvgIpc) is 3.39. The van der Waals surface area contributed by atoms with E-state index in [0.717, 1.165) is 11.3 Å². The number of amides is 1. The fourth-order valence-corrected chi connectivity index (χ4v) is 3.73. The molecule has 0 saturated carbocycles. The fraction of sp³-hybridized carbons (Fsp3) is 0.0741. The van der Waals surface area contributed by atoms with Crippen LogP contribution in [0.2, 0.25) is 0 Å². The van der Waals surface area contributed by atoms with Gasteiger partial charge in [0.15, 0.2) is 5.76 Å². The number of hydrogen-bond donors (Lipinski definition) is 1. The number of aromatic nitrogens is 2. The van der Waals surface area contributed by atoms with Crippen LogP contribution in [0.3, 0.4) is 0 Å². The van der Waals surface area contributed by atoms with Crippen molar-refractivity contribution in [2.24, 2.45) is 0 Å². The normalized spacial score (nSPS) is 10.9. The molecule has 0 aliphatic carbocycles. The number of nitrogens with zero attached hydrogens (tertiary/aromatic N) is 2. The van der Waals surface area contributed by atoms with Gasteiger partial charge in [-0.3, -0.25) is 9.59 Å². The minimum atomic E-state index is -0.313. The third-order valence-corrected chi connectivity index (χ3v) is 5.31. The number of ether oxygens (including phenoxy) is 1. The van der Waals surface area contributed by atoms with Crippen molar-refractivity contribution in [2.45, 2.75) is 13.5 Å². The molecule has 0 spiro atoms. The van der Waals surface area contributed by atoms with Crippen molar-refractivity contribution in [3.63, 3.8) is 0 Å². The zero-order valence-electron chi connectivity index (χ0n) is 18.4. The zero-order chi connectivity index (χ0) is 23.5. The molecule has 1 N–H and O–H groups in total. The monoisotopic (exact) mass is 451 g/mol. The second-order valence-corrected chi connectivity index (χ2v) is 7.78. The average molecular weight is 451 g/mol. The summed E-state index contributed by atoms with van der Waals surface area (Å²) >= 11 is 0. The minimum Gasteiger partial charge on any atom is -0.481 e. The van der Waals surface area contributed by atoms with Crippen LogP contribution in [0.25, 0.3) is 28.0 Å². The number of benzene rings is 3. The van der Waals surface area contributed by atoms with Crippen LogP contribution in [0.15, 0.2) is 101 Å². The van der Waals surface area contributed by atoms with Crippen LogP contribution in [-0.4, -0.2) is 15.5 Å². The van der Waals surface area contributed by atoms with Gasteiger partial charge in [-0.1, -0.05) is 42.5 Å². The number of carbonyl (C=O) groups excluding carboxylic acids is 1. The van der Waals surface area contributed by atoms with Gasteiger partial charge in [-0.15, -0.1) is 0 Å². The van der Waals surface area contributed by atoms with Crippen LogP contribution in [0.5, 0.6) is 5.75 Å². The van der Waals surface area contributed by atoms with Gasteiger partial charge in [-0.25, -0.2) is 4.98 Å². The Hall–Kier alpha value is -4.65. The quantitative estimate of drug-likeness (QED) is 0.384. The Morgan fingerprint density at radius 1 is 1.06 bits per heavy atom. The number of rotatable bonds is 6. The van der Waals surface area contributed by atoms with E-state index in [4.69, 9.17) is 9.15 Å². The van der Waals surface area contributed by atoms with Crippen molar-refractivity contribution < 1.29 is 13.9 Å². The van der Waals surface area contributed by atoms with E-state index in [1.165, 1.54) is 6.92 Å². The van der Waals surface area contributed by atoms with E-state index in [1.54, 1.807) is 30.7 Å². The molecule has 0 bridgehead atoms. The van der Waals surface area contributed by atoms with Crippen LogP contribution in [0.1, 0.15) is 12.5 Å². The molecule has 0 unspecified atom stereocenters. The second-order valence-electron chi connectivity index (χ2n) is 7.78. The van der Waals surface area contributed by atoms with E-state index in [-0.39, 0.29) is 23.7 Å². The molecular weight excluding hydrogens is 430 g/mol. The first-order valence-corrected chi connectivity index (χ1v) is 10.7. The molecule has 5 aromatic rings. The Bertz CT molecular complexity index is 1520. The maximum Gasteiger partial charge on any atom is 0.235 e. The predicted molar refractivity (Wildman–Crippen MR) is 130 cm³/mol. The van der Waals surface area contributed by atoms with Gasteiger partial charge in [0.2, 0.25) is 17.1 Å². The molecule has 34 heavy (non-hydrogen) atoms. The van der Waals surface area contributed by atoms with E-state index >= 15 is 0 Å². The minimum absolute atomic E-state index is 0.110. The number of fused-ring (bicyclic) bond motifs is 1. The van der Waals surface area contributed by atoms with E-state index in [0.29, 0.717) is 28.0 Å². The molecule has 0 saturated heterocycles. The Balaban J connectivity index is 1.65. The molecule has 7 heteroatoms. The van der Waals surface area contributed by atoms with Crippen molar-refractivity contribution in [3.05, 3.63) is 107 Å². The topological polar surface area (TPSA) is 86.4 Å². The van der Waals surface area contributed by atoms with E-state index in [2.05, 4.69) is 10.3 Å². The highest BCUT2D eigenvalue weighted by Gasteiger charge is 2.19. The molecule has 1 amide bonds. The number of anilines is 1. The largest absolute Gasteiger partial charge is 0.481 e. The van der Waals surface area contributed by atoms with Gasteiger partial charge in [0.1, 0.15) is 12.2 Å². The summed E-state index contributed by atoms with van der Waals surface area (Å²) in [4.78, 5) is 29.2. The molecule has 5 rings (SSSR count). The smallest absolute Gasteiger partial charge is 0.235 e. The lowest BCUT2D eigenvalue weighted by atomic mass is 10.1.